The minimum Gasteiger partial charge on any atom is -0.382 e. The van der Waals surface area contributed by atoms with Crippen LogP contribution in [0.15, 0.2) is 6.33 Å². The quantitative estimate of drug-likeness (QED) is 0.853. The van der Waals surface area contributed by atoms with Crippen LogP contribution >= 0.6 is 0 Å². The predicted octanol–water partition coefficient (Wildman–Crippen LogP) is 1.29. The van der Waals surface area contributed by atoms with E-state index < -0.39 is 0 Å². The number of nitrogens with two attached hydrogens (primary N) is 1. The summed E-state index contributed by atoms with van der Waals surface area (Å²) in [5.41, 5.74) is 7.16. The van der Waals surface area contributed by atoms with Gasteiger partial charge in [0.25, 0.3) is 0 Å². The fourth-order valence-electron chi connectivity index (χ4n) is 2.39. The molecule has 3 heterocycles. The second-order valence-electron chi connectivity index (χ2n) is 4.76. The molecule has 1 aliphatic rings. The van der Waals surface area contributed by atoms with Crippen molar-refractivity contribution in [2.45, 2.75) is 25.7 Å². The molecule has 0 aromatic carbocycles. The van der Waals surface area contributed by atoms with Gasteiger partial charge in [-0.1, -0.05) is 0 Å². The molecule has 2 aromatic rings. The Morgan fingerprint density at radius 1 is 1.44 bits per heavy atom. The predicted molar refractivity (Wildman–Crippen MR) is 68.0 cm³/mol. The maximum absolute atomic E-state index is 5.77. The van der Waals surface area contributed by atoms with Crippen molar-refractivity contribution in [3.8, 4) is 0 Å². The normalized spacial score (nSPS) is 20.3. The number of nitrogens with zero attached hydrogens (tertiary/aromatic N) is 3. The lowest BCUT2D eigenvalue weighted by atomic mass is 9.97. The third kappa shape index (κ3) is 2.28. The third-order valence-electron chi connectivity index (χ3n) is 3.41. The van der Waals surface area contributed by atoms with E-state index in [1.807, 2.05) is 0 Å². The number of aromatic nitrogens is 4. The molecule has 6 heteroatoms. The number of hydrogen-bond donors (Lipinski definition) is 2. The molecule has 6 nitrogen and oxygen atoms in total. The third-order valence-corrected chi connectivity index (χ3v) is 3.41. The second-order valence-corrected chi connectivity index (χ2v) is 4.76. The highest BCUT2D eigenvalue weighted by atomic mass is 16.5. The van der Waals surface area contributed by atoms with Crippen molar-refractivity contribution in [3.63, 3.8) is 0 Å². The van der Waals surface area contributed by atoms with Crippen LogP contribution in [0, 0.1) is 5.92 Å². The van der Waals surface area contributed by atoms with Crippen molar-refractivity contribution in [1.29, 1.82) is 0 Å². The molecule has 1 fully saturated rings. The zero-order valence-electron chi connectivity index (χ0n) is 10.2. The molecule has 18 heavy (non-hydrogen) atoms. The summed E-state index contributed by atoms with van der Waals surface area (Å²) in [5.74, 6) is 2.04. The van der Waals surface area contributed by atoms with E-state index in [-0.39, 0.29) is 0 Å². The Kier molecular flexibility index (Phi) is 3.10. The van der Waals surface area contributed by atoms with Crippen LogP contribution in [0.3, 0.4) is 0 Å². The van der Waals surface area contributed by atoms with Gasteiger partial charge in [0.05, 0.1) is 0 Å². The summed E-state index contributed by atoms with van der Waals surface area (Å²) in [7, 11) is 0. The van der Waals surface area contributed by atoms with Gasteiger partial charge in [-0.05, 0) is 25.2 Å². The Hall–Kier alpha value is -1.69. The number of nitrogens with one attached hydrogen (secondary N) is 1. The molecule has 1 saturated heterocycles. The monoisotopic (exact) mass is 247 g/mol. The van der Waals surface area contributed by atoms with Gasteiger partial charge in [0, 0.05) is 19.6 Å². The van der Waals surface area contributed by atoms with Gasteiger partial charge in [-0.3, -0.25) is 0 Å². The first-order valence-electron chi connectivity index (χ1n) is 6.36. The molecule has 0 spiro atoms. The highest BCUT2D eigenvalue weighted by molar-refractivity contribution is 5.80. The number of fused-ring (bicyclic) bond motifs is 1. The smallest absolute Gasteiger partial charge is 0.183 e. The number of aryl methyl sites for hydroxylation is 1. The van der Waals surface area contributed by atoms with Crippen molar-refractivity contribution < 1.29 is 4.74 Å². The maximum Gasteiger partial charge on any atom is 0.183 e. The van der Waals surface area contributed by atoms with Gasteiger partial charge < -0.3 is 15.5 Å². The first-order valence-corrected chi connectivity index (χ1v) is 6.36. The molecule has 0 aliphatic carbocycles. The van der Waals surface area contributed by atoms with Crippen molar-refractivity contribution in [3.05, 3.63) is 12.2 Å². The lowest BCUT2D eigenvalue weighted by molar-refractivity contribution is 0.0517. The van der Waals surface area contributed by atoms with Crippen LogP contribution in [-0.4, -0.2) is 33.1 Å². The van der Waals surface area contributed by atoms with Gasteiger partial charge in [-0.2, -0.15) is 0 Å². The number of hydrogen-bond acceptors (Lipinski definition) is 5. The largest absolute Gasteiger partial charge is 0.382 e. The van der Waals surface area contributed by atoms with Gasteiger partial charge >= 0.3 is 0 Å². The highest BCUT2D eigenvalue weighted by Gasteiger charge is 2.15. The van der Waals surface area contributed by atoms with Crippen molar-refractivity contribution in [2.24, 2.45) is 5.92 Å². The molecule has 0 radical (unpaired) electrons. The van der Waals surface area contributed by atoms with E-state index in [0.29, 0.717) is 17.4 Å². The maximum atomic E-state index is 5.77. The Labute approximate surface area is 105 Å². The lowest BCUT2D eigenvalue weighted by Crippen LogP contribution is -2.17. The number of imidazole rings is 1. The molecule has 1 atom stereocenters. The standard InChI is InChI=1S/C12H17N5O/c13-11-10-12(15-7-14-11)17-9(16-10)4-3-8-2-1-5-18-6-8/h7-8H,1-6H2,(H3,13,14,15,16,17). The Morgan fingerprint density at radius 3 is 3.17 bits per heavy atom. The molecule has 0 saturated carbocycles. The Bertz CT molecular complexity index is 532. The molecular weight excluding hydrogens is 230 g/mol. The van der Waals surface area contributed by atoms with Crippen LogP contribution < -0.4 is 5.73 Å². The number of rotatable bonds is 3. The van der Waals surface area contributed by atoms with Gasteiger partial charge in [-0.25, -0.2) is 15.0 Å². The zero-order chi connectivity index (χ0) is 12.4. The van der Waals surface area contributed by atoms with E-state index in [2.05, 4.69) is 19.9 Å². The molecule has 3 rings (SSSR count). The molecule has 0 bridgehead atoms. The van der Waals surface area contributed by atoms with E-state index in [4.69, 9.17) is 10.5 Å². The Balaban J connectivity index is 1.69. The molecule has 96 valence electrons. The van der Waals surface area contributed by atoms with Gasteiger partial charge in [0.15, 0.2) is 11.5 Å². The number of aromatic amines is 1. The van der Waals surface area contributed by atoms with Gasteiger partial charge in [-0.15, -0.1) is 0 Å². The average Bonchev–Trinajstić information content (AvgIpc) is 2.82. The molecule has 1 unspecified atom stereocenters. The first kappa shape index (κ1) is 11.4. The topological polar surface area (TPSA) is 89.7 Å². The Morgan fingerprint density at radius 2 is 2.39 bits per heavy atom. The summed E-state index contributed by atoms with van der Waals surface area (Å²) >= 11 is 0. The highest BCUT2D eigenvalue weighted by Crippen LogP contribution is 2.20. The minimum atomic E-state index is 0.458. The van der Waals surface area contributed by atoms with Crippen LogP contribution in [0.5, 0.6) is 0 Å². The van der Waals surface area contributed by atoms with E-state index in [9.17, 15) is 0 Å². The molecule has 3 N–H and O–H groups in total. The van der Waals surface area contributed by atoms with E-state index in [1.165, 1.54) is 19.2 Å². The van der Waals surface area contributed by atoms with Crippen LogP contribution in [-0.2, 0) is 11.2 Å². The minimum absolute atomic E-state index is 0.458. The molecule has 0 amide bonds. The van der Waals surface area contributed by atoms with Gasteiger partial charge in [0.2, 0.25) is 0 Å². The van der Waals surface area contributed by atoms with Crippen molar-refractivity contribution >= 4 is 17.0 Å². The van der Waals surface area contributed by atoms with Crippen molar-refractivity contribution in [2.75, 3.05) is 18.9 Å². The van der Waals surface area contributed by atoms with Crippen LogP contribution in [0.2, 0.25) is 0 Å². The van der Waals surface area contributed by atoms with E-state index >= 15 is 0 Å². The summed E-state index contributed by atoms with van der Waals surface area (Å²) in [6.45, 7) is 1.79. The summed E-state index contributed by atoms with van der Waals surface area (Å²) in [4.78, 5) is 15.7. The SMILES string of the molecule is Nc1ncnc2nc(CCC3CCCOC3)[nH]c12. The number of nitrogen functional groups attached to an aromatic ring is 1. The van der Waals surface area contributed by atoms with Crippen LogP contribution in [0.25, 0.3) is 11.2 Å². The summed E-state index contributed by atoms with van der Waals surface area (Å²) in [5, 5.41) is 0. The van der Waals surface area contributed by atoms with Crippen LogP contribution in [0.1, 0.15) is 25.1 Å². The zero-order valence-corrected chi connectivity index (χ0v) is 10.2. The molecule has 2 aromatic heterocycles. The number of H-pyrrole nitrogens is 1. The van der Waals surface area contributed by atoms with Gasteiger partial charge in [0.1, 0.15) is 17.7 Å². The first-order chi connectivity index (χ1) is 8.83. The van der Waals surface area contributed by atoms with E-state index in [0.717, 1.165) is 37.4 Å². The average molecular weight is 247 g/mol. The molecule has 1 aliphatic heterocycles. The fourth-order valence-corrected chi connectivity index (χ4v) is 2.39. The van der Waals surface area contributed by atoms with Crippen LogP contribution in [0.4, 0.5) is 5.82 Å². The van der Waals surface area contributed by atoms with E-state index in [1.54, 1.807) is 0 Å². The number of ether oxygens (including phenoxy) is 1. The lowest BCUT2D eigenvalue weighted by Gasteiger charge is -2.21. The summed E-state index contributed by atoms with van der Waals surface area (Å²) < 4.78 is 5.48. The summed E-state index contributed by atoms with van der Waals surface area (Å²) in [6, 6.07) is 0. The fraction of sp³-hybridized carbons (Fsp3) is 0.583. The van der Waals surface area contributed by atoms with Crippen molar-refractivity contribution in [1.82, 2.24) is 19.9 Å². The summed E-state index contributed by atoms with van der Waals surface area (Å²) in [6.07, 6.45) is 5.86. The second kappa shape index (κ2) is 4.89. The number of anilines is 1. The molecular formula is C12H17N5O.